The molecule has 2 unspecified atom stereocenters. The summed E-state index contributed by atoms with van der Waals surface area (Å²) in [5.41, 5.74) is -0.291. The van der Waals surface area contributed by atoms with Gasteiger partial charge in [-0.05, 0) is 41.0 Å². The maximum absolute atomic E-state index is 14.2. The standard InChI is InChI=1S/C27H30F2N2O4/c1-25(2,3)27(24(33)34,21-13-14-26(28,29)15-21)20-11-9-18(10-12-20)16-31-22(32)17-35-23(30-31)19-7-5-4-6-8-19/h4-12,21H,13-17H2,1-3H3,(H,33,34). The van der Waals surface area contributed by atoms with Crippen molar-refractivity contribution in [2.24, 2.45) is 16.4 Å². The van der Waals surface area contributed by atoms with Crippen LogP contribution < -0.4 is 0 Å². The Kier molecular flexibility index (Phi) is 6.42. The van der Waals surface area contributed by atoms with Gasteiger partial charge in [-0.3, -0.25) is 9.59 Å². The molecule has 2 aromatic carbocycles. The van der Waals surface area contributed by atoms with E-state index in [0.717, 1.165) is 11.1 Å². The Balaban J connectivity index is 1.63. The Morgan fingerprint density at radius 3 is 2.34 bits per heavy atom. The van der Waals surface area contributed by atoms with Crippen molar-refractivity contribution in [1.82, 2.24) is 5.01 Å². The van der Waals surface area contributed by atoms with Gasteiger partial charge < -0.3 is 9.84 Å². The lowest BCUT2D eigenvalue weighted by molar-refractivity contribution is -0.153. The average Bonchev–Trinajstić information content (AvgIpc) is 3.15. The van der Waals surface area contributed by atoms with Crippen LogP contribution in [0.2, 0.25) is 0 Å². The Labute approximate surface area is 203 Å². The van der Waals surface area contributed by atoms with Crippen molar-refractivity contribution in [3.8, 4) is 0 Å². The smallest absolute Gasteiger partial charge is 0.314 e. The molecule has 0 spiro atoms. The van der Waals surface area contributed by atoms with E-state index in [4.69, 9.17) is 4.74 Å². The monoisotopic (exact) mass is 484 g/mol. The zero-order valence-corrected chi connectivity index (χ0v) is 20.1. The lowest BCUT2D eigenvalue weighted by Crippen LogP contribution is -2.52. The minimum absolute atomic E-state index is 0.131. The summed E-state index contributed by atoms with van der Waals surface area (Å²) in [6, 6.07) is 16.1. The van der Waals surface area contributed by atoms with Crippen LogP contribution in [0.5, 0.6) is 0 Å². The Hall–Kier alpha value is -3.29. The topological polar surface area (TPSA) is 79.2 Å². The van der Waals surface area contributed by atoms with Crippen molar-refractivity contribution < 1.29 is 28.2 Å². The molecule has 1 N–H and O–H groups in total. The maximum Gasteiger partial charge on any atom is 0.314 e. The van der Waals surface area contributed by atoms with Gasteiger partial charge in [0.1, 0.15) is 5.41 Å². The van der Waals surface area contributed by atoms with Crippen LogP contribution in [0.3, 0.4) is 0 Å². The molecule has 1 aliphatic carbocycles. The summed E-state index contributed by atoms with van der Waals surface area (Å²) < 4.78 is 33.8. The average molecular weight is 485 g/mol. The van der Waals surface area contributed by atoms with Crippen molar-refractivity contribution in [2.75, 3.05) is 6.61 Å². The number of hydrogen-bond acceptors (Lipinski definition) is 4. The van der Waals surface area contributed by atoms with Gasteiger partial charge >= 0.3 is 5.97 Å². The first-order valence-corrected chi connectivity index (χ1v) is 11.7. The number of carbonyl (C=O) groups is 2. The number of alkyl halides is 2. The van der Waals surface area contributed by atoms with Crippen LogP contribution >= 0.6 is 0 Å². The molecule has 8 heteroatoms. The van der Waals surface area contributed by atoms with Crippen LogP contribution in [0.15, 0.2) is 59.7 Å². The first kappa shape index (κ1) is 24.8. The molecule has 2 atom stereocenters. The normalized spacial score (nSPS) is 21.7. The number of rotatable bonds is 6. The van der Waals surface area contributed by atoms with Crippen LogP contribution in [0.25, 0.3) is 0 Å². The number of hydrogen-bond donors (Lipinski definition) is 1. The number of amides is 1. The molecule has 1 aliphatic heterocycles. The van der Waals surface area contributed by atoms with Gasteiger partial charge in [0.05, 0.1) is 6.54 Å². The van der Waals surface area contributed by atoms with E-state index in [1.165, 1.54) is 5.01 Å². The van der Waals surface area contributed by atoms with Crippen LogP contribution in [0.4, 0.5) is 8.78 Å². The molecule has 35 heavy (non-hydrogen) atoms. The summed E-state index contributed by atoms with van der Waals surface area (Å²) in [6.07, 6.45) is -0.600. The molecule has 1 saturated carbocycles. The molecular formula is C27H30F2N2O4. The van der Waals surface area contributed by atoms with Gasteiger partial charge in [0.2, 0.25) is 11.8 Å². The number of halogens is 2. The van der Waals surface area contributed by atoms with Crippen LogP contribution in [-0.4, -0.2) is 40.4 Å². The third kappa shape index (κ3) is 4.66. The van der Waals surface area contributed by atoms with E-state index < -0.39 is 35.1 Å². The summed E-state index contributed by atoms with van der Waals surface area (Å²) in [7, 11) is 0. The largest absolute Gasteiger partial charge is 0.481 e. The molecule has 186 valence electrons. The second kappa shape index (κ2) is 9.06. The van der Waals surface area contributed by atoms with E-state index in [1.807, 2.05) is 30.3 Å². The highest BCUT2D eigenvalue weighted by Crippen LogP contribution is 2.55. The lowest BCUT2D eigenvalue weighted by Gasteiger charge is -2.46. The number of carboxylic acid groups (broad SMARTS) is 1. The third-order valence-corrected chi connectivity index (χ3v) is 7.13. The number of hydrazone groups is 1. The third-order valence-electron chi connectivity index (χ3n) is 7.13. The first-order chi connectivity index (χ1) is 16.4. The number of benzene rings is 2. The fourth-order valence-corrected chi connectivity index (χ4v) is 5.51. The van der Waals surface area contributed by atoms with Crippen LogP contribution in [0.1, 0.15) is 56.7 Å². The summed E-state index contributed by atoms with van der Waals surface area (Å²) >= 11 is 0. The number of nitrogens with zero attached hydrogens (tertiary/aromatic N) is 2. The zero-order valence-electron chi connectivity index (χ0n) is 20.1. The van der Waals surface area contributed by atoms with Crippen molar-refractivity contribution in [1.29, 1.82) is 0 Å². The van der Waals surface area contributed by atoms with Gasteiger partial charge in [-0.25, -0.2) is 13.8 Å². The Morgan fingerprint density at radius 1 is 1.14 bits per heavy atom. The molecule has 2 aromatic rings. The SMILES string of the molecule is CC(C)(C)C(C(=O)O)(c1ccc(CN2N=C(c3ccccc3)OCC2=O)cc1)C1CCC(F)(F)C1. The minimum Gasteiger partial charge on any atom is -0.481 e. The summed E-state index contributed by atoms with van der Waals surface area (Å²) in [6.45, 7) is 5.41. The highest BCUT2D eigenvalue weighted by molar-refractivity contribution is 5.97. The summed E-state index contributed by atoms with van der Waals surface area (Å²) in [5.74, 6) is -4.60. The second-order valence-electron chi connectivity index (χ2n) is 10.4. The predicted octanol–water partition coefficient (Wildman–Crippen LogP) is 5.21. The second-order valence-corrected chi connectivity index (χ2v) is 10.4. The first-order valence-electron chi connectivity index (χ1n) is 11.7. The molecule has 6 nitrogen and oxygen atoms in total. The van der Waals surface area contributed by atoms with Crippen molar-refractivity contribution in [2.45, 2.75) is 57.9 Å². The van der Waals surface area contributed by atoms with Crippen LogP contribution in [0, 0.1) is 11.3 Å². The fourth-order valence-electron chi connectivity index (χ4n) is 5.51. The Morgan fingerprint density at radius 2 is 1.80 bits per heavy atom. The predicted molar refractivity (Wildman–Crippen MR) is 127 cm³/mol. The molecule has 0 radical (unpaired) electrons. The fraction of sp³-hybridized carbons (Fsp3) is 0.444. The highest BCUT2D eigenvalue weighted by Gasteiger charge is 2.59. The molecule has 4 rings (SSSR count). The van der Waals surface area contributed by atoms with Gasteiger partial charge in [0.15, 0.2) is 6.61 Å². The van der Waals surface area contributed by atoms with Crippen LogP contribution in [-0.2, 0) is 26.3 Å². The van der Waals surface area contributed by atoms with E-state index in [2.05, 4.69) is 5.10 Å². The van der Waals surface area contributed by atoms with Crippen molar-refractivity contribution >= 4 is 17.8 Å². The summed E-state index contributed by atoms with van der Waals surface area (Å²) in [4.78, 5) is 25.2. The minimum atomic E-state index is -2.86. The Bertz CT molecular complexity index is 1130. The van der Waals surface area contributed by atoms with Gasteiger partial charge in [-0.15, -0.1) is 5.10 Å². The van der Waals surface area contributed by atoms with Gasteiger partial charge in [-0.1, -0.05) is 63.2 Å². The van der Waals surface area contributed by atoms with E-state index >= 15 is 0 Å². The molecule has 1 fully saturated rings. The van der Waals surface area contributed by atoms with Gasteiger partial charge in [0, 0.05) is 18.4 Å². The van der Waals surface area contributed by atoms with E-state index in [-0.39, 0.29) is 31.9 Å². The lowest BCUT2D eigenvalue weighted by atomic mass is 9.55. The molecular weight excluding hydrogens is 454 g/mol. The number of ether oxygens (including phenoxy) is 1. The number of aliphatic carboxylic acids is 1. The number of carbonyl (C=O) groups excluding carboxylic acids is 1. The van der Waals surface area contributed by atoms with E-state index in [0.29, 0.717) is 11.5 Å². The van der Waals surface area contributed by atoms with Gasteiger partial charge in [0.25, 0.3) is 5.91 Å². The zero-order chi connectivity index (χ0) is 25.4. The maximum atomic E-state index is 14.2. The number of carboxylic acids is 1. The summed E-state index contributed by atoms with van der Waals surface area (Å²) in [5, 5.41) is 16.1. The molecule has 1 amide bonds. The van der Waals surface area contributed by atoms with Crippen molar-refractivity contribution in [3.05, 3.63) is 71.3 Å². The van der Waals surface area contributed by atoms with E-state index in [1.54, 1.807) is 45.0 Å². The molecule has 0 saturated heterocycles. The molecule has 0 bridgehead atoms. The highest BCUT2D eigenvalue weighted by atomic mass is 19.3. The van der Waals surface area contributed by atoms with Crippen molar-refractivity contribution in [3.63, 3.8) is 0 Å². The molecule has 1 heterocycles. The molecule has 0 aromatic heterocycles. The van der Waals surface area contributed by atoms with E-state index in [9.17, 15) is 23.5 Å². The van der Waals surface area contributed by atoms with Gasteiger partial charge in [-0.2, -0.15) is 0 Å². The quantitative estimate of drug-likeness (QED) is 0.610. The molecule has 2 aliphatic rings.